The first-order chi connectivity index (χ1) is 15.1. The van der Waals surface area contributed by atoms with Gasteiger partial charge in [-0.05, 0) is 61.9 Å². The Hall–Kier alpha value is -3.93. The summed E-state index contributed by atoms with van der Waals surface area (Å²) in [7, 11) is 0. The quantitative estimate of drug-likeness (QED) is 0.521. The van der Waals surface area contributed by atoms with Crippen LogP contribution in [0.3, 0.4) is 0 Å². The fourth-order valence-electron chi connectivity index (χ4n) is 3.73. The number of aromatic nitrogens is 2. The van der Waals surface area contributed by atoms with Crippen molar-refractivity contribution in [2.75, 3.05) is 6.79 Å². The number of ether oxygens (including phenoxy) is 2. The van der Waals surface area contributed by atoms with Gasteiger partial charge in [0.2, 0.25) is 6.79 Å². The van der Waals surface area contributed by atoms with Gasteiger partial charge in [-0.1, -0.05) is 17.7 Å². The van der Waals surface area contributed by atoms with Crippen LogP contribution in [-0.4, -0.2) is 22.7 Å². The summed E-state index contributed by atoms with van der Waals surface area (Å²) >= 11 is 0. The molecule has 31 heavy (non-hydrogen) atoms. The van der Waals surface area contributed by atoms with E-state index in [1.807, 2.05) is 68.4 Å². The SMILES string of the molecule is Cc1ccc2nc(-c3cccnc3)cc(C(=O)N[C@@H](C)c3ccc4c(c3)OCO4)c2c1. The third-order valence-electron chi connectivity index (χ3n) is 5.41. The van der Waals surface area contributed by atoms with E-state index in [1.165, 1.54) is 0 Å². The minimum absolute atomic E-state index is 0.159. The van der Waals surface area contributed by atoms with Crippen molar-refractivity contribution in [2.45, 2.75) is 19.9 Å². The summed E-state index contributed by atoms with van der Waals surface area (Å²) in [6, 6.07) is 17.1. The molecule has 6 heteroatoms. The van der Waals surface area contributed by atoms with Gasteiger partial charge in [0.05, 0.1) is 22.8 Å². The van der Waals surface area contributed by atoms with Crippen molar-refractivity contribution in [3.05, 3.63) is 83.7 Å². The van der Waals surface area contributed by atoms with Gasteiger partial charge in [0, 0.05) is 23.3 Å². The molecule has 4 aromatic rings. The van der Waals surface area contributed by atoms with Gasteiger partial charge in [0.25, 0.3) is 5.91 Å². The molecule has 3 heterocycles. The van der Waals surface area contributed by atoms with E-state index in [9.17, 15) is 4.79 Å². The van der Waals surface area contributed by atoms with Crippen LogP contribution in [0.25, 0.3) is 22.2 Å². The van der Waals surface area contributed by atoms with Crippen LogP contribution in [0.15, 0.2) is 67.0 Å². The van der Waals surface area contributed by atoms with Crippen LogP contribution >= 0.6 is 0 Å². The minimum Gasteiger partial charge on any atom is -0.454 e. The van der Waals surface area contributed by atoms with Crippen LogP contribution in [0.2, 0.25) is 0 Å². The zero-order valence-corrected chi connectivity index (χ0v) is 17.3. The van der Waals surface area contributed by atoms with Crippen molar-refractivity contribution in [1.82, 2.24) is 15.3 Å². The molecule has 6 nitrogen and oxygen atoms in total. The summed E-state index contributed by atoms with van der Waals surface area (Å²) in [5.41, 5.74) is 4.95. The average Bonchev–Trinajstić information content (AvgIpc) is 3.27. The third kappa shape index (κ3) is 3.68. The number of fused-ring (bicyclic) bond motifs is 2. The molecule has 0 radical (unpaired) electrons. The lowest BCUT2D eigenvalue weighted by molar-refractivity contribution is 0.0941. The van der Waals surface area contributed by atoms with Gasteiger partial charge in [-0.25, -0.2) is 4.98 Å². The van der Waals surface area contributed by atoms with E-state index in [2.05, 4.69) is 10.3 Å². The Bertz CT molecular complexity index is 1290. The first-order valence-corrected chi connectivity index (χ1v) is 10.1. The highest BCUT2D eigenvalue weighted by molar-refractivity contribution is 6.07. The Morgan fingerprint density at radius 2 is 1.94 bits per heavy atom. The number of carbonyl (C=O) groups excluding carboxylic acids is 1. The molecule has 0 unspecified atom stereocenters. The van der Waals surface area contributed by atoms with E-state index >= 15 is 0 Å². The number of rotatable bonds is 4. The smallest absolute Gasteiger partial charge is 0.252 e. The van der Waals surface area contributed by atoms with E-state index in [-0.39, 0.29) is 18.7 Å². The van der Waals surface area contributed by atoms with Crippen molar-refractivity contribution in [3.63, 3.8) is 0 Å². The zero-order valence-electron chi connectivity index (χ0n) is 17.3. The molecule has 1 aliphatic heterocycles. The number of amides is 1. The molecule has 1 aliphatic rings. The second kappa shape index (κ2) is 7.72. The fourth-order valence-corrected chi connectivity index (χ4v) is 3.73. The number of pyridine rings is 2. The molecule has 0 saturated heterocycles. The average molecular weight is 411 g/mol. The van der Waals surface area contributed by atoms with Crippen LogP contribution in [0, 0.1) is 6.92 Å². The van der Waals surface area contributed by atoms with Crippen LogP contribution in [-0.2, 0) is 0 Å². The number of benzene rings is 2. The predicted molar refractivity (Wildman–Crippen MR) is 118 cm³/mol. The molecule has 1 amide bonds. The van der Waals surface area contributed by atoms with Crippen LogP contribution in [0.1, 0.15) is 34.5 Å². The Labute approximate surface area is 179 Å². The lowest BCUT2D eigenvalue weighted by Crippen LogP contribution is -2.27. The molecule has 0 aliphatic carbocycles. The molecule has 2 aromatic heterocycles. The second-order valence-electron chi connectivity index (χ2n) is 7.63. The summed E-state index contributed by atoms with van der Waals surface area (Å²) in [5, 5.41) is 3.94. The highest BCUT2D eigenvalue weighted by Crippen LogP contribution is 2.34. The minimum atomic E-state index is -0.211. The topological polar surface area (TPSA) is 73.3 Å². The van der Waals surface area contributed by atoms with E-state index in [1.54, 1.807) is 12.4 Å². The van der Waals surface area contributed by atoms with Gasteiger partial charge in [-0.15, -0.1) is 0 Å². The molecule has 0 bridgehead atoms. The van der Waals surface area contributed by atoms with Gasteiger partial charge in [0.15, 0.2) is 11.5 Å². The lowest BCUT2D eigenvalue weighted by atomic mass is 10.0. The monoisotopic (exact) mass is 411 g/mol. The number of aryl methyl sites for hydroxylation is 1. The van der Waals surface area contributed by atoms with Crippen molar-refractivity contribution in [1.29, 1.82) is 0 Å². The number of nitrogens with one attached hydrogen (secondary N) is 1. The largest absolute Gasteiger partial charge is 0.454 e. The van der Waals surface area contributed by atoms with Gasteiger partial charge in [-0.2, -0.15) is 0 Å². The van der Waals surface area contributed by atoms with Crippen molar-refractivity contribution < 1.29 is 14.3 Å². The molecule has 2 aromatic carbocycles. The summed E-state index contributed by atoms with van der Waals surface area (Å²) in [5.74, 6) is 1.26. The molecular formula is C25H21N3O3. The Morgan fingerprint density at radius 1 is 1.06 bits per heavy atom. The standard InChI is InChI=1S/C25H21N3O3/c1-15-5-7-21-19(10-15)20(12-22(28-21)18-4-3-9-26-13-18)25(29)27-16(2)17-6-8-23-24(11-17)31-14-30-23/h3-13,16H,14H2,1-2H3,(H,27,29)/t16-/m0/s1. The zero-order chi connectivity index (χ0) is 21.4. The molecule has 1 atom stereocenters. The van der Waals surface area contributed by atoms with Gasteiger partial charge >= 0.3 is 0 Å². The van der Waals surface area contributed by atoms with Crippen molar-refractivity contribution in [3.8, 4) is 22.8 Å². The third-order valence-corrected chi connectivity index (χ3v) is 5.41. The molecule has 0 spiro atoms. The highest BCUT2D eigenvalue weighted by atomic mass is 16.7. The maximum atomic E-state index is 13.4. The van der Waals surface area contributed by atoms with Crippen LogP contribution in [0.4, 0.5) is 0 Å². The molecule has 0 saturated carbocycles. The number of carbonyl (C=O) groups is 1. The highest BCUT2D eigenvalue weighted by Gasteiger charge is 2.19. The summed E-state index contributed by atoms with van der Waals surface area (Å²) in [4.78, 5) is 22.3. The fraction of sp³-hybridized carbons (Fsp3) is 0.160. The summed E-state index contributed by atoms with van der Waals surface area (Å²) < 4.78 is 10.8. The Morgan fingerprint density at radius 3 is 2.77 bits per heavy atom. The summed E-state index contributed by atoms with van der Waals surface area (Å²) in [6.07, 6.45) is 3.47. The summed E-state index contributed by atoms with van der Waals surface area (Å²) in [6.45, 7) is 4.18. The van der Waals surface area contributed by atoms with Gasteiger partial charge < -0.3 is 14.8 Å². The van der Waals surface area contributed by atoms with E-state index in [4.69, 9.17) is 14.5 Å². The second-order valence-corrected chi connectivity index (χ2v) is 7.63. The maximum Gasteiger partial charge on any atom is 0.252 e. The van der Waals surface area contributed by atoms with Crippen molar-refractivity contribution in [2.24, 2.45) is 0 Å². The molecule has 154 valence electrons. The Kier molecular flexibility index (Phi) is 4.75. The first kappa shape index (κ1) is 19.1. The van der Waals surface area contributed by atoms with Crippen molar-refractivity contribution >= 4 is 16.8 Å². The normalized spacial score (nSPS) is 13.2. The van der Waals surface area contributed by atoms with E-state index in [0.717, 1.165) is 33.3 Å². The predicted octanol–water partition coefficient (Wildman–Crippen LogP) is 4.82. The molecule has 1 N–H and O–H groups in total. The van der Waals surface area contributed by atoms with E-state index in [0.29, 0.717) is 17.0 Å². The van der Waals surface area contributed by atoms with Gasteiger partial charge in [-0.3, -0.25) is 9.78 Å². The van der Waals surface area contributed by atoms with E-state index < -0.39 is 0 Å². The van der Waals surface area contributed by atoms with Gasteiger partial charge in [0.1, 0.15) is 0 Å². The number of hydrogen-bond acceptors (Lipinski definition) is 5. The number of nitrogens with zero attached hydrogens (tertiary/aromatic N) is 2. The maximum absolute atomic E-state index is 13.4. The van der Waals surface area contributed by atoms with Crippen LogP contribution in [0.5, 0.6) is 11.5 Å². The lowest BCUT2D eigenvalue weighted by Gasteiger charge is -2.16. The number of hydrogen-bond donors (Lipinski definition) is 1. The molecule has 5 rings (SSSR count). The Balaban J connectivity index is 1.52. The first-order valence-electron chi connectivity index (χ1n) is 10.1. The molecular weight excluding hydrogens is 390 g/mol. The molecule has 0 fully saturated rings. The van der Waals surface area contributed by atoms with Crippen LogP contribution < -0.4 is 14.8 Å².